The van der Waals surface area contributed by atoms with E-state index in [2.05, 4.69) is 21.1 Å². The predicted molar refractivity (Wildman–Crippen MR) is 68.0 cm³/mol. The van der Waals surface area contributed by atoms with E-state index in [0.29, 0.717) is 21.6 Å². The van der Waals surface area contributed by atoms with E-state index >= 15 is 0 Å². The second kappa shape index (κ2) is 4.43. The van der Waals surface area contributed by atoms with Crippen molar-refractivity contribution in [3.63, 3.8) is 0 Å². The minimum Gasteiger partial charge on any atom is -0.450 e. The van der Waals surface area contributed by atoms with E-state index in [9.17, 15) is 8.42 Å². The molecule has 0 N–H and O–H groups in total. The lowest BCUT2D eigenvalue weighted by atomic mass is 10.3. The Bertz CT molecular complexity index is 654. The van der Waals surface area contributed by atoms with Crippen LogP contribution in [0.15, 0.2) is 30.8 Å². The lowest BCUT2D eigenvalue weighted by Crippen LogP contribution is -2.27. The molecule has 0 saturated carbocycles. The molecule has 2 aromatic heterocycles. The molecule has 0 aliphatic carbocycles. The van der Waals surface area contributed by atoms with Crippen LogP contribution in [-0.4, -0.2) is 20.6 Å². The highest BCUT2D eigenvalue weighted by Crippen LogP contribution is 2.31. The van der Waals surface area contributed by atoms with Crippen LogP contribution >= 0.6 is 15.9 Å². The Labute approximate surface area is 113 Å². The zero-order chi connectivity index (χ0) is 13.5. The van der Waals surface area contributed by atoms with Gasteiger partial charge >= 0.3 is 0 Å². The van der Waals surface area contributed by atoms with E-state index in [1.54, 1.807) is 13.8 Å². The third-order valence-corrected chi connectivity index (χ3v) is 5.07. The molecule has 2 rings (SSSR count). The molecule has 98 valence electrons. The number of sulfonamides is 1. The summed E-state index contributed by atoms with van der Waals surface area (Å²) >= 11 is 3.13. The maximum atomic E-state index is 12.3. The Morgan fingerprint density at radius 3 is 2.50 bits per heavy atom. The van der Waals surface area contributed by atoms with Crippen molar-refractivity contribution < 1.29 is 17.4 Å². The minimum atomic E-state index is -3.77. The highest BCUT2D eigenvalue weighted by molar-refractivity contribution is 9.10. The molecule has 0 aromatic carbocycles. The summed E-state index contributed by atoms with van der Waals surface area (Å²) < 4.78 is 36.1. The number of aromatic nitrogens is 1. The molecule has 2 heterocycles. The van der Waals surface area contributed by atoms with Gasteiger partial charge in [0.25, 0.3) is 15.1 Å². The van der Waals surface area contributed by atoms with Crippen LogP contribution in [-0.2, 0) is 10.0 Å². The highest BCUT2D eigenvalue weighted by Gasteiger charge is 2.30. The molecule has 0 spiro atoms. The van der Waals surface area contributed by atoms with Crippen LogP contribution in [0, 0.1) is 13.8 Å². The third-order valence-electron chi connectivity index (χ3n) is 2.49. The molecule has 18 heavy (non-hydrogen) atoms. The molecule has 0 unspecified atom stereocenters. The van der Waals surface area contributed by atoms with Gasteiger partial charge in [0.15, 0.2) is 5.76 Å². The highest BCUT2D eigenvalue weighted by atomic mass is 79.9. The van der Waals surface area contributed by atoms with E-state index in [-0.39, 0.29) is 5.09 Å². The van der Waals surface area contributed by atoms with Crippen molar-refractivity contribution in [2.24, 2.45) is 0 Å². The average Bonchev–Trinajstić information content (AvgIpc) is 2.85. The van der Waals surface area contributed by atoms with Gasteiger partial charge in [-0.05, 0) is 35.8 Å². The molecule has 0 amide bonds. The maximum absolute atomic E-state index is 12.3. The zero-order valence-corrected chi connectivity index (χ0v) is 12.4. The zero-order valence-electron chi connectivity index (χ0n) is 9.97. The monoisotopic (exact) mass is 334 g/mol. The van der Waals surface area contributed by atoms with E-state index < -0.39 is 10.0 Å². The van der Waals surface area contributed by atoms with Gasteiger partial charge in [-0.25, -0.2) is 0 Å². The average molecular weight is 335 g/mol. The van der Waals surface area contributed by atoms with E-state index in [4.69, 9.17) is 8.94 Å². The van der Waals surface area contributed by atoms with Crippen LogP contribution in [0.4, 0.5) is 5.69 Å². The lowest BCUT2D eigenvalue weighted by molar-refractivity contribution is 0.393. The van der Waals surface area contributed by atoms with Crippen molar-refractivity contribution in [3.05, 3.63) is 28.3 Å². The topological polar surface area (TPSA) is 76.6 Å². The molecule has 0 aliphatic rings. The van der Waals surface area contributed by atoms with Crippen LogP contribution < -0.4 is 4.31 Å². The van der Waals surface area contributed by atoms with E-state index in [1.165, 1.54) is 19.4 Å². The normalized spacial score (nSPS) is 11.8. The molecule has 0 fully saturated rings. The fourth-order valence-corrected chi connectivity index (χ4v) is 3.69. The summed E-state index contributed by atoms with van der Waals surface area (Å²) in [6, 6.07) is 1.52. The summed E-state index contributed by atoms with van der Waals surface area (Å²) in [5.74, 6) is 0.432. The molecular weight excluding hydrogens is 324 g/mol. The number of furan rings is 1. The lowest BCUT2D eigenvalue weighted by Gasteiger charge is -2.17. The molecule has 0 aliphatic heterocycles. The van der Waals surface area contributed by atoms with Crippen LogP contribution in [0.2, 0.25) is 0 Å². The van der Waals surface area contributed by atoms with Gasteiger partial charge in [0, 0.05) is 7.05 Å². The summed E-state index contributed by atoms with van der Waals surface area (Å²) in [6.45, 7) is 3.33. The number of anilines is 1. The molecule has 2 aromatic rings. The number of hydrogen-bond acceptors (Lipinski definition) is 5. The van der Waals surface area contributed by atoms with Gasteiger partial charge in [-0.1, -0.05) is 5.16 Å². The maximum Gasteiger partial charge on any atom is 0.298 e. The largest absolute Gasteiger partial charge is 0.450 e. The molecule has 0 atom stereocenters. The first kappa shape index (κ1) is 13.2. The van der Waals surface area contributed by atoms with Crippen LogP contribution in [0.25, 0.3) is 0 Å². The van der Waals surface area contributed by atoms with Gasteiger partial charge in [0.05, 0.1) is 10.7 Å². The van der Waals surface area contributed by atoms with Crippen molar-refractivity contribution in [2.75, 3.05) is 11.4 Å². The van der Waals surface area contributed by atoms with Gasteiger partial charge in [0.2, 0.25) is 0 Å². The van der Waals surface area contributed by atoms with Gasteiger partial charge in [-0.15, -0.1) is 0 Å². The minimum absolute atomic E-state index is 0.148. The smallest absolute Gasteiger partial charge is 0.298 e. The number of hydrogen-bond donors (Lipinski definition) is 0. The molecule has 8 heteroatoms. The third kappa shape index (κ3) is 1.95. The van der Waals surface area contributed by atoms with Gasteiger partial charge in [-0.3, -0.25) is 4.31 Å². The summed E-state index contributed by atoms with van der Waals surface area (Å²) in [5, 5.41) is 3.58. The molecule has 0 bridgehead atoms. The molecule has 0 radical (unpaired) electrons. The van der Waals surface area contributed by atoms with Crippen molar-refractivity contribution in [3.8, 4) is 0 Å². The quantitative estimate of drug-likeness (QED) is 0.861. The first-order valence-electron chi connectivity index (χ1n) is 5.00. The van der Waals surface area contributed by atoms with Crippen molar-refractivity contribution in [2.45, 2.75) is 18.9 Å². The Kier molecular flexibility index (Phi) is 3.24. The molecule has 0 saturated heterocycles. The molecule has 6 nitrogen and oxygen atoms in total. The Balaban J connectivity index is 2.53. The number of rotatable bonds is 3. The standard InChI is InChI=1S/C10H11BrN2O4S/c1-6-9(7(2)17-12-6)13(3)18(14,15)10-8(11)4-5-16-10/h4-5H,1-3H3. The number of halogens is 1. The second-order valence-corrected chi connectivity index (χ2v) is 6.42. The van der Waals surface area contributed by atoms with Crippen molar-refractivity contribution in [1.82, 2.24) is 5.16 Å². The number of nitrogens with zero attached hydrogens (tertiary/aromatic N) is 2. The second-order valence-electron chi connectivity index (χ2n) is 3.70. The van der Waals surface area contributed by atoms with Gasteiger partial charge in [-0.2, -0.15) is 8.42 Å². The Morgan fingerprint density at radius 2 is 2.06 bits per heavy atom. The van der Waals surface area contributed by atoms with Crippen molar-refractivity contribution >= 4 is 31.6 Å². The van der Waals surface area contributed by atoms with Crippen LogP contribution in [0.1, 0.15) is 11.5 Å². The summed E-state index contributed by atoms with van der Waals surface area (Å²) in [4.78, 5) is 0. The summed E-state index contributed by atoms with van der Waals surface area (Å²) in [5.41, 5.74) is 0.916. The fraction of sp³-hybridized carbons (Fsp3) is 0.300. The Morgan fingerprint density at radius 1 is 1.39 bits per heavy atom. The summed E-state index contributed by atoms with van der Waals surface area (Å²) in [6.07, 6.45) is 1.30. The first-order chi connectivity index (χ1) is 8.35. The molecular formula is C10H11BrN2O4S. The van der Waals surface area contributed by atoms with E-state index in [0.717, 1.165) is 4.31 Å². The SMILES string of the molecule is Cc1noc(C)c1N(C)S(=O)(=O)c1occc1Br. The predicted octanol–water partition coefficient (Wildman–Crippen LogP) is 2.47. The first-order valence-corrected chi connectivity index (χ1v) is 7.24. The van der Waals surface area contributed by atoms with Gasteiger partial charge in [0.1, 0.15) is 11.4 Å². The van der Waals surface area contributed by atoms with Crippen LogP contribution in [0.3, 0.4) is 0 Å². The van der Waals surface area contributed by atoms with Gasteiger partial charge < -0.3 is 8.94 Å². The Hall–Kier alpha value is -1.28. The van der Waals surface area contributed by atoms with Crippen LogP contribution in [0.5, 0.6) is 0 Å². The number of aryl methyl sites for hydroxylation is 2. The van der Waals surface area contributed by atoms with E-state index in [1.807, 2.05) is 0 Å². The van der Waals surface area contributed by atoms with Crippen molar-refractivity contribution in [1.29, 1.82) is 0 Å². The fourth-order valence-electron chi connectivity index (χ4n) is 1.64. The summed E-state index contributed by atoms with van der Waals surface area (Å²) in [7, 11) is -2.35.